The second-order valence-electron chi connectivity index (χ2n) is 7.67. The first kappa shape index (κ1) is 24.2. The standard InChI is InChI=1S/C25H23N5O6/c1-3-34-19-7-9-20(10-8-19)35-22-12-18(13-23(14-22)36-21-6-4-5-17(2)11-21)27-24(31)15-29-16-26-25(28-29)30(32)33/h4-14,16H,3,15H2,1-2H3,(H,27,31). The maximum Gasteiger partial charge on any atom is 0.490 e. The molecule has 4 rings (SSSR count). The zero-order valence-electron chi connectivity index (χ0n) is 19.6. The third-order valence-electron chi connectivity index (χ3n) is 4.75. The van der Waals surface area contributed by atoms with E-state index in [9.17, 15) is 14.9 Å². The molecule has 0 atom stereocenters. The van der Waals surface area contributed by atoms with Crippen LogP contribution in [0.5, 0.6) is 28.7 Å². The minimum Gasteiger partial charge on any atom is -0.494 e. The van der Waals surface area contributed by atoms with E-state index in [0.29, 0.717) is 35.3 Å². The molecule has 0 saturated carbocycles. The van der Waals surface area contributed by atoms with E-state index < -0.39 is 16.8 Å². The van der Waals surface area contributed by atoms with Crippen LogP contribution < -0.4 is 19.5 Å². The molecular weight excluding hydrogens is 466 g/mol. The Morgan fingerprint density at radius 2 is 1.67 bits per heavy atom. The van der Waals surface area contributed by atoms with Gasteiger partial charge in [0.1, 0.15) is 35.3 Å². The molecule has 0 spiro atoms. The highest BCUT2D eigenvalue weighted by Crippen LogP contribution is 2.33. The van der Waals surface area contributed by atoms with Crippen LogP contribution in [-0.2, 0) is 11.3 Å². The van der Waals surface area contributed by atoms with Crippen molar-refractivity contribution in [3.8, 4) is 28.7 Å². The molecule has 0 aliphatic rings. The molecule has 11 nitrogen and oxygen atoms in total. The molecule has 36 heavy (non-hydrogen) atoms. The average molecular weight is 489 g/mol. The molecule has 1 aromatic heterocycles. The summed E-state index contributed by atoms with van der Waals surface area (Å²) in [6, 6.07) is 19.7. The maximum atomic E-state index is 12.6. The maximum absolute atomic E-state index is 12.6. The van der Waals surface area contributed by atoms with E-state index in [4.69, 9.17) is 14.2 Å². The molecule has 0 unspecified atom stereocenters. The quantitative estimate of drug-likeness (QED) is 0.240. The van der Waals surface area contributed by atoms with E-state index in [1.807, 2.05) is 38.1 Å². The van der Waals surface area contributed by atoms with Crippen molar-refractivity contribution in [3.63, 3.8) is 0 Å². The van der Waals surface area contributed by atoms with Crippen molar-refractivity contribution in [1.82, 2.24) is 14.8 Å². The van der Waals surface area contributed by atoms with Crippen molar-refractivity contribution in [2.45, 2.75) is 20.4 Å². The lowest BCUT2D eigenvalue weighted by molar-refractivity contribution is -0.394. The van der Waals surface area contributed by atoms with Gasteiger partial charge in [-0.2, -0.15) is 4.68 Å². The molecule has 0 bridgehead atoms. The van der Waals surface area contributed by atoms with E-state index >= 15 is 0 Å². The highest BCUT2D eigenvalue weighted by Gasteiger charge is 2.16. The van der Waals surface area contributed by atoms with Gasteiger partial charge in [-0.1, -0.05) is 17.1 Å². The summed E-state index contributed by atoms with van der Waals surface area (Å²) in [5.74, 6) is 1.74. The van der Waals surface area contributed by atoms with Gasteiger partial charge in [0.15, 0.2) is 0 Å². The molecule has 0 fully saturated rings. The Hall–Kier alpha value is -4.93. The van der Waals surface area contributed by atoms with Gasteiger partial charge in [0.05, 0.1) is 6.61 Å². The van der Waals surface area contributed by atoms with Crippen LogP contribution in [0.15, 0.2) is 73.1 Å². The van der Waals surface area contributed by atoms with Gasteiger partial charge < -0.3 is 29.6 Å². The monoisotopic (exact) mass is 489 g/mol. The Labute approximate surface area is 206 Å². The summed E-state index contributed by atoms with van der Waals surface area (Å²) in [4.78, 5) is 26.2. The number of nitro groups is 1. The van der Waals surface area contributed by atoms with E-state index in [2.05, 4.69) is 15.4 Å². The first-order valence-corrected chi connectivity index (χ1v) is 11.0. The second-order valence-corrected chi connectivity index (χ2v) is 7.67. The smallest absolute Gasteiger partial charge is 0.490 e. The Kier molecular flexibility index (Phi) is 7.39. The van der Waals surface area contributed by atoms with Crippen molar-refractivity contribution in [1.29, 1.82) is 0 Å². The third kappa shape index (κ3) is 6.56. The predicted octanol–water partition coefficient (Wildman–Crippen LogP) is 5.12. The summed E-state index contributed by atoms with van der Waals surface area (Å²) in [5, 5.41) is 17.2. The molecule has 11 heteroatoms. The summed E-state index contributed by atoms with van der Waals surface area (Å²) in [6.45, 7) is 4.16. The van der Waals surface area contributed by atoms with Crippen LogP contribution in [0.3, 0.4) is 0 Å². The molecule has 0 aliphatic carbocycles. The Morgan fingerprint density at radius 3 is 2.31 bits per heavy atom. The van der Waals surface area contributed by atoms with Crippen LogP contribution in [0.1, 0.15) is 12.5 Å². The summed E-state index contributed by atoms with van der Waals surface area (Å²) < 4.78 is 18.5. The normalized spacial score (nSPS) is 10.5. The minimum absolute atomic E-state index is 0.265. The van der Waals surface area contributed by atoms with Gasteiger partial charge in [0.2, 0.25) is 12.2 Å². The fourth-order valence-electron chi connectivity index (χ4n) is 3.28. The van der Waals surface area contributed by atoms with Crippen molar-refractivity contribution >= 4 is 17.5 Å². The molecule has 184 valence electrons. The molecule has 1 amide bonds. The van der Waals surface area contributed by atoms with Gasteiger partial charge in [0.25, 0.3) is 0 Å². The number of hydrogen-bond donors (Lipinski definition) is 1. The van der Waals surface area contributed by atoms with Crippen LogP contribution in [-0.4, -0.2) is 32.2 Å². The lowest BCUT2D eigenvalue weighted by Gasteiger charge is -2.13. The Morgan fingerprint density at radius 1 is 0.972 bits per heavy atom. The second kappa shape index (κ2) is 11.0. The van der Waals surface area contributed by atoms with E-state index in [-0.39, 0.29) is 6.54 Å². The molecule has 3 aromatic carbocycles. The third-order valence-corrected chi connectivity index (χ3v) is 4.75. The highest BCUT2D eigenvalue weighted by atomic mass is 16.6. The van der Waals surface area contributed by atoms with E-state index in [1.54, 1.807) is 42.5 Å². The Balaban J connectivity index is 1.55. The molecular formula is C25H23N5O6. The summed E-state index contributed by atoms with van der Waals surface area (Å²) in [6.07, 6.45) is 1.12. The minimum atomic E-state index is -0.731. The average Bonchev–Trinajstić information content (AvgIpc) is 3.29. The van der Waals surface area contributed by atoms with Crippen LogP contribution in [0.2, 0.25) is 0 Å². The van der Waals surface area contributed by atoms with Crippen molar-refractivity contribution < 1.29 is 23.9 Å². The number of benzene rings is 3. The summed E-state index contributed by atoms with van der Waals surface area (Å²) in [7, 11) is 0. The number of nitrogens with zero attached hydrogens (tertiary/aromatic N) is 4. The van der Waals surface area contributed by atoms with Crippen LogP contribution >= 0.6 is 0 Å². The Bertz CT molecular complexity index is 1370. The number of nitrogens with one attached hydrogen (secondary N) is 1. The van der Waals surface area contributed by atoms with Gasteiger partial charge in [0, 0.05) is 29.0 Å². The number of carbonyl (C=O) groups is 1. The number of rotatable bonds is 10. The first-order valence-electron chi connectivity index (χ1n) is 11.0. The fourth-order valence-corrected chi connectivity index (χ4v) is 3.28. The van der Waals surface area contributed by atoms with E-state index in [0.717, 1.165) is 22.3 Å². The van der Waals surface area contributed by atoms with Crippen LogP contribution in [0, 0.1) is 17.0 Å². The molecule has 1 N–H and O–H groups in total. The van der Waals surface area contributed by atoms with Gasteiger partial charge in [-0.15, -0.1) is 0 Å². The molecule has 1 heterocycles. The van der Waals surface area contributed by atoms with Gasteiger partial charge in [-0.3, -0.25) is 4.79 Å². The van der Waals surface area contributed by atoms with Crippen LogP contribution in [0.25, 0.3) is 0 Å². The SMILES string of the molecule is CCOc1ccc(Oc2cc(NC(=O)Cn3cnc([N+](=O)[O-])n3)cc(Oc3cccc(C)c3)c2)cc1. The summed E-state index contributed by atoms with van der Waals surface area (Å²) in [5.41, 5.74) is 1.44. The van der Waals surface area contributed by atoms with Crippen LogP contribution in [0.4, 0.5) is 11.6 Å². The van der Waals surface area contributed by atoms with Crippen molar-refractivity contribution in [2.75, 3.05) is 11.9 Å². The van der Waals surface area contributed by atoms with Gasteiger partial charge in [-0.05, 0) is 60.7 Å². The van der Waals surface area contributed by atoms with Gasteiger partial charge >= 0.3 is 5.95 Å². The number of hydrogen-bond acceptors (Lipinski definition) is 8. The lowest BCUT2D eigenvalue weighted by atomic mass is 10.2. The lowest BCUT2D eigenvalue weighted by Crippen LogP contribution is -2.19. The zero-order valence-corrected chi connectivity index (χ0v) is 19.6. The summed E-state index contributed by atoms with van der Waals surface area (Å²) >= 11 is 0. The van der Waals surface area contributed by atoms with Crippen molar-refractivity contribution in [3.05, 3.63) is 88.7 Å². The number of aromatic nitrogens is 3. The number of amides is 1. The number of carbonyl (C=O) groups excluding carboxylic acids is 1. The molecule has 0 saturated heterocycles. The topological polar surface area (TPSA) is 131 Å². The predicted molar refractivity (Wildman–Crippen MR) is 131 cm³/mol. The number of anilines is 1. The van der Waals surface area contributed by atoms with Gasteiger partial charge in [-0.25, -0.2) is 0 Å². The van der Waals surface area contributed by atoms with Crippen molar-refractivity contribution in [2.24, 2.45) is 0 Å². The zero-order chi connectivity index (χ0) is 25.5. The molecule has 0 aliphatic heterocycles. The molecule has 0 radical (unpaired) electrons. The van der Waals surface area contributed by atoms with E-state index in [1.165, 1.54) is 0 Å². The number of ether oxygens (including phenoxy) is 3. The molecule has 4 aromatic rings. The number of aryl methyl sites for hydroxylation is 1. The first-order chi connectivity index (χ1) is 17.4. The fraction of sp³-hybridized carbons (Fsp3) is 0.160. The highest BCUT2D eigenvalue weighted by molar-refractivity contribution is 5.91. The largest absolute Gasteiger partial charge is 0.494 e.